The lowest BCUT2D eigenvalue weighted by Gasteiger charge is -2.37. The largest absolute Gasteiger partial charge is 0.368 e. The number of hydrogen-bond donors (Lipinski definition) is 2. The second-order valence-electron chi connectivity index (χ2n) is 7.90. The summed E-state index contributed by atoms with van der Waals surface area (Å²) in [6.07, 6.45) is 0.461. The van der Waals surface area contributed by atoms with Gasteiger partial charge >= 0.3 is 0 Å². The molecule has 1 atom stereocenters. The third-order valence-electron chi connectivity index (χ3n) is 5.84. The highest BCUT2D eigenvalue weighted by atomic mass is 35.5. The zero-order valence-corrected chi connectivity index (χ0v) is 18.1. The lowest BCUT2D eigenvalue weighted by Crippen LogP contribution is -2.49. The van der Waals surface area contributed by atoms with E-state index in [2.05, 4.69) is 15.5 Å². The molecule has 2 N–H and O–H groups in total. The van der Waals surface area contributed by atoms with E-state index in [0.29, 0.717) is 29.4 Å². The molecule has 2 aliphatic heterocycles. The van der Waals surface area contributed by atoms with E-state index in [-0.39, 0.29) is 30.6 Å². The predicted octanol–water partition coefficient (Wildman–Crippen LogP) is 2.83. The summed E-state index contributed by atoms with van der Waals surface area (Å²) in [6.45, 7) is 4.72. The fourth-order valence-corrected chi connectivity index (χ4v) is 4.23. The summed E-state index contributed by atoms with van der Waals surface area (Å²) >= 11 is 6.14. The summed E-state index contributed by atoms with van der Waals surface area (Å²) in [5, 5.41) is 6.22. The molecule has 31 heavy (non-hydrogen) atoms. The van der Waals surface area contributed by atoms with Crippen molar-refractivity contribution in [3.05, 3.63) is 58.6 Å². The summed E-state index contributed by atoms with van der Waals surface area (Å²) in [5.41, 5.74) is 3.17. The van der Waals surface area contributed by atoms with Crippen molar-refractivity contribution in [2.24, 2.45) is 0 Å². The molecule has 0 radical (unpaired) electrons. The Morgan fingerprint density at radius 2 is 1.84 bits per heavy atom. The lowest BCUT2D eigenvalue weighted by molar-refractivity contribution is -0.131. The van der Waals surface area contributed by atoms with Gasteiger partial charge < -0.3 is 20.4 Å². The Morgan fingerprint density at radius 3 is 2.61 bits per heavy atom. The van der Waals surface area contributed by atoms with Gasteiger partial charge in [-0.15, -0.1) is 0 Å². The molecule has 2 aromatic rings. The van der Waals surface area contributed by atoms with Crippen LogP contribution in [0.15, 0.2) is 42.5 Å². The topological polar surface area (TPSA) is 81.8 Å². The molecule has 0 bridgehead atoms. The van der Waals surface area contributed by atoms with Gasteiger partial charge in [-0.1, -0.05) is 29.8 Å². The second-order valence-corrected chi connectivity index (χ2v) is 8.33. The number of nitrogens with zero attached hydrogens (tertiary/aromatic N) is 2. The quantitative estimate of drug-likeness (QED) is 0.766. The number of rotatable bonds is 4. The van der Waals surface area contributed by atoms with Gasteiger partial charge in [-0.2, -0.15) is 0 Å². The maximum Gasteiger partial charge on any atom is 0.254 e. The predicted molar refractivity (Wildman–Crippen MR) is 121 cm³/mol. The number of hydrogen-bond acceptors (Lipinski definition) is 4. The van der Waals surface area contributed by atoms with Gasteiger partial charge in [-0.05, 0) is 43.2 Å². The first kappa shape index (κ1) is 21.2. The fraction of sp³-hybridized carbons (Fsp3) is 0.348. The number of nitrogens with one attached hydrogen (secondary N) is 2. The van der Waals surface area contributed by atoms with Crippen LogP contribution in [0, 0.1) is 6.92 Å². The van der Waals surface area contributed by atoms with E-state index < -0.39 is 6.04 Å². The van der Waals surface area contributed by atoms with Crippen molar-refractivity contribution in [1.29, 1.82) is 0 Å². The minimum atomic E-state index is -0.737. The number of halogens is 1. The number of carbonyl (C=O) groups excluding carboxylic acids is 3. The number of aryl methyl sites for hydroxylation is 1. The highest BCUT2D eigenvalue weighted by Gasteiger charge is 2.29. The molecule has 0 aromatic heterocycles. The molecule has 7 nitrogen and oxygen atoms in total. The van der Waals surface area contributed by atoms with Crippen LogP contribution in [0.1, 0.15) is 28.8 Å². The highest BCUT2D eigenvalue weighted by Crippen LogP contribution is 2.25. The number of anilines is 2. The van der Waals surface area contributed by atoms with Gasteiger partial charge in [-0.25, -0.2) is 0 Å². The zero-order chi connectivity index (χ0) is 22.0. The lowest BCUT2D eigenvalue weighted by atomic mass is 10.1. The number of piperazine rings is 1. The van der Waals surface area contributed by atoms with Crippen molar-refractivity contribution in [3.63, 3.8) is 0 Å². The first-order chi connectivity index (χ1) is 14.9. The number of para-hydroxylation sites is 1. The Bertz CT molecular complexity index is 1020. The fourth-order valence-electron chi connectivity index (χ4n) is 4.06. The SMILES string of the molecule is Cc1ccc(Cl)cc1N1CCN(C(=O)CCC2NC(=O)c3ccccc3NC2=O)CC1. The molecule has 1 fully saturated rings. The van der Waals surface area contributed by atoms with Crippen LogP contribution in [0.4, 0.5) is 11.4 Å². The number of carbonyl (C=O) groups is 3. The molecular weight excluding hydrogens is 416 g/mol. The summed E-state index contributed by atoms with van der Waals surface area (Å²) < 4.78 is 0. The van der Waals surface area contributed by atoms with Gasteiger partial charge in [0.15, 0.2) is 0 Å². The van der Waals surface area contributed by atoms with E-state index in [1.54, 1.807) is 24.3 Å². The smallest absolute Gasteiger partial charge is 0.254 e. The molecule has 0 saturated carbocycles. The molecular formula is C23H25ClN4O3. The van der Waals surface area contributed by atoms with Crippen LogP contribution < -0.4 is 15.5 Å². The average Bonchev–Trinajstić information content (AvgIpc) is 2.89. The normalized spacial score (nSPS) is 18.7. The summed E-state index contributed by atoms with van der Waals surface area (Å²) in [5.74, 6) is -0.615. The molecule has 2 aliphatic rings. The van der Waals surface area contributed by atoms with Crippen molar-refractivity contribution in [2.45, 2.75) is 25.8 Å². The Morgan fingerprint density at radius 1 is 1.10 bits per heavy atom. The Balaban J connectivity index is 1.31. The summed E-state index contributed by atoms with van der Waals surface area (Å²) in [6, 6.07) is 12.0. The average molecular weight is 441 g/mol. The monoisotopic (exact) mass is 440 g/mol. The van der Waals surface area contributed by atoms with Gasteiger partial charge in [0.25, 0.3) is 5.91 Å². The molecule has 8 heteroatoms. The van der Waals surface area contributed by atoms with Gasteiger partial charge in [0.1, 0.15) is 6.04 Å². The maximum absolute atomic E-state index is 12.7. The molecule has 2 aromatic carbocycles. The molecule has 0 aliphatic carbocycles. The first-order valence-corrected chi connectivity index (χ1v) is 10.8. The van der Waals surface area contributed by atoms with E-state index in [1.165, 1.54) is 0 Å². The van der Waals surface area contributed by atoms with Crippen molar-refractivity contribution in [1.82, 2.24) is 10.2 Å². The van der Waals surface area contributed by atoms with Crippen molar-refractivity contribution in [2.75, 3.05) is 36.4 Å². The Labute approximate surface area is 186 Å². The first-order valence-electron chi connectivity index (χ1n) is 10.4. The van der Waals surface area contributed by atoms with Crippen LogP contribution in [-0.4, -0.2) is 54.8 Å². The zero-order valence-electron chi connectivity index (χ0n) is 17.4. The van der Waals surface area contributed by atoms with Gasteiger partial charge in [0, 0.05) is 43.3 Å². The number of fused-ring (bicyclic) bond motifs is 1. The van der Waals surface area contributed by atoms with Crippen molar-refractivity contribution in [3.8, 4) is 0 Å². The maximum atomic E-state index is 12.7. The van der Waals surface area contributed by atoms with Gasteiger partial charge in [-0.3, -0.25) is 14.4 Å². The van der Waals surface area contributed by atoms with Crippen LogP contribution in [0.25, 0.3) is 0 Å². The van der Waals surface area contributed by atoms with Crippen LogP contribution in [0.2, 0.25) is 5.02 Å². The molecule has 1 saturated heterocycles. The van der Waals surface area contributed by atoms with Crippen LogP contribution in [0.5, 0.6) is 0 Å². The number of benzene rings is 2. The van der Waals surface area contributed by atoms with Crippen molar-refractivity contribution < 1.29 is 14.4 Å². The van der Waals surface area contributed by atoms with E-state index in [0.717, 1.165) is 24.3 Å². The van der Waals surface area contributed by atoms with Crippen LogP contribution in [0.3, 0.4) is 0 Å². The van der Waals surface area contributed by atoms with E-state index in [9.17, 15) is 14.4 Å². The van der Waals surface area contributed by atoms with E-state index in [1.807, 2.05) is 30.0 Å². The molecule has 1 unspecified atom stereocenters. The summed E-state index contributed by atoms with van der Waals surface area (Å²) in [4.78, 5) is 41.7. The Kier molecular flexibility index (Phi) is 6.13. The molecule has 4 rings (SSSR count). The highest BCUT2D eigenvalue weighted by molar-refractivity contribution is 6.30. The minimum Gasteiger partial charge on any atom is -0.368 e. The molecule has 3 amide bonds. The third kappa shape index (κ3) is 4.66. The van der Waals surface area contributed by atoms with Gasteiger partial charge in [0.05, 0.1) is 11.3 Å². The second kappa shape index (κ2) is 8.98. The molecule has 162 valence electrons. The van der Waals surface area contributed by atoms with Crippen LogP contribution >= 0.6 is 11.6 Å². The number of amides is 3. The van der Waals surface area contributed by atoms with Gasteiger partial charge in [0.2, 0.25) is 11.8 Å². The van der Waals surface area contributed by atoms with Crippen molar-refractivity contribution >= 4 is 40.7 Å². The Hall–Kier alpha value is -3.06. The van der Waals surface area contributed by atoms with E-state index in [4.69, 9.17) is 11.6 Å². The van der Waals surface area contributed by atoms with E-state index >= 15 is 0 Å². The minimum absolute atomic E-state index is 0.00808. The summed E-state index contributed by atoms with van der Waals surface area (Å²) in [7, 11) is 0. The molecule has 2 heterocycles. The molecule has 0 spiro atoms. The van der Waals surface area contributed by atoms with Crippen LogP contribution in [-0.2, 0) is 9.59 Å². The standard InChI is InChI=1S/C23H25ClN4O3/c1-15-6-7-16(24)14-20(15)27-10-12-28(13-11-27)21(29)9-8-19-23(31)25-18-5-3-2-4-17(18)22(30)26-19/h2-7,14,19H,8-13H2,1H3,(H,25,31)(H,26,30). The third-order valence-corrected chi connectivity index (χ3v) is 6.08.